The number of piperidine rings is 1. The Bertz CT molecular complexity index is 710. The van der Waals surface area contributed by atoms with Crippen molar-refractivity contribution in [3.05, 3.63) is 47.8 Å². The van der Waals surface area contributed by atoms with Crippen LogP contribution >= 0.6 is 24.8 Å². The van der Waals surface area contributed by atoms with Gasteiger partial charge >= 0.3 is 0 Å². The lowest BCUT2D eigenvalue weighted by Gasteiger charge is -2.44. The van der Waals surface area contributed by atoms with E-state index in [9.17, 15) is 0 Å². The summed E-state index contributed by atoms with van der Waals surface area (Å²) in [5, 5.41) is 3.47. The van der Waals surface area contributed by atoms with Crippen LogP contribution in [-0.4, -0.2) is 53.3 Å². The van der Waals surface area contributed by atoms with Crippen molar-refractivity contribution in [3.63, 3.8) is 0 Å². The Morgan fingerprint density at radius 2 is 1.89 bits per heavy atom. The molecule has 7 heteroatoms. The minimum Gasteiger partial charge on any atom is -0.372 e. The monoisotopic (exact) mass is 410 g/mol. The first-order valence-corrected chi connectivity index (χ1v) is 9.18. The Balaban J connectivity index is 0.00000131. The maximum absolute atomic E-state index is 6.07. The van der Waals surface area contributed by atoms with E-state index in [1.165, 1.54) is 11.1 Å². The number of likely N-dealkylation sites (tertiary alicyclic amines) is 1. The van der Waals surface area contributed by atoms with Crippen molar-refractivity contribution in [2.75, 3.05) is 32.8 Å². The molecule has 0 radical (unpaired) electrons. The van der Waals surface area contributed by atoms with Crippen molar-refractivity contribution < 1.29 is 4.74 Å². The van der Waals surface area contributed by atoms with E-state index in [4.69, 9.17) is 4.74 Å². The molecule has 1 spiro atoms. The number of benzene rings is 1. The molecule has 0 amide bonds. The normalized spacial score (nSPS) is 19.1. The summed E-state index contributed by atoms with van der Waals surface area (Å²) in [6.45, 7) is 7.96. The quantitative estimate of drug-likeness (QED) is 0.841. The van der Waals surface area contributed by atoms with Crippen LogP contribution in [0.3, 0.4) is 0 Å². The predicted octanol–water partition coefficient (Wildman–Crippen LogP) is 3.25. The lowest BCUT2D eigenvalue weighted by molar-refractivity contribution is -0.100. The summed E-state index contributed by atoms with van der Waals surface area (Å²) in [5.41, 5.74) is 3.55. The SMILES string of the molecule is Cc1cccc(-c2ncc(CN3CCC4(CC3)CNCCO4)cn2)c1.Cl.Cl. The second-order valence-corrected chi connectivity index (χ2v) is 7.27. The number of aryl methyl sites for hydroxylation is 1. The number of hydrogen-bond donors (Lipinski definition) is 1. The van der Waals surface area contributed by atoms with Gasteiger partial charge in [0.15, 0.2) is 5.82 Å². The average molecular weight is 411 g/mol. The Kier molecular flexibility index (Phi) is 8.01. The highest BCUT2D eigenvalue weighted by Crippen LogP contribution is 2.28. The van der Waals surface area contributed by atoms with Crippen molar-refractivity contribution in [1.29, 1.82) is 0 Å². The van der Waals surface area contributed by atoms with Gasteiger partial charge < -0.3 is 10.1 Å². The molecule has 2 aliphatic rings. The Morgan fingerprint density at radius 3 is 2.52 bits per heavy atom. The summed E-state index contributed by atoms with van der Waals surface area (Å²) in [4.78, 5) is 11.6. The first-order chi connectivity index (χ1) is 12.2. The third kappa shape index (κ3) is 5.39. The van der Waals surface area contributed by atoms with Crippen molar-refractivity contribution in [1.82, 2.24) is 20.2 Å². The number of hydrogen-bond acceptors (Lipinski definition) is 5. The van der Waals surface area contributed by atoms with E-state index in [1.807, 2.05) is 18.5 Å². The van der Waals surface area contributed by atoms with Gasteiger partial charge in [-0.25, -0.2) is 9.97 Å². The van der Waals surface area contributed by atoms with Crippen molar-refractivity contribution in [2.45, 2.75) is 31.9 Å². The molecule has 4 rings (SSSR count). The van der Waals surface area contributed by atoms with Crippen LogP contribution in [0, 0.1) is 6.92 Å². The number of aromatic nitrogens is 2. The fourth-order valence-corrected chi connectivity index (χ4v) is 3.77. The van der Waals surface area contributed by atoms with Crippen LogP contribution in [-0.2, 0) is 11.3 Å². The first-order valence-electron chi connectivity index (χ1n) is 9.18. The van der Waals surface area contributed by atoms with Crippen LogP contribution < -0.4 is 5.32 Å². The maximum Gasteiger partial charge on any atom is 0.159 e. The summed E-state index contributed by atoms with van der Waals surface area (Å²) in [5.74, 6) is 0.798. The van der Waals surface area contributed by atoms with E-state index in [1.54, 1.807) is 0 Å². The van der Waals surface area contributed by atoms with Gasteiger partial charge in [0.2, 0.25) is 0 Å². The maximum atomic E-state index is 6.07. The molecule has 2 fully saturated rings. The molecule has 2 aliphatic heterocycles. The topological polar surface area (TPSA) is 50.3 Å². The zero-order chi connectivity index (χ0) is 17.1. The first kappa shape index (κ1) is 22.1. The molecule has 5 nitrogen and oxygen atoms in total. The second-order valence-electron chi connectivity index (χ2n) is 7.27. The van der Waals surface area contributed by atoms with Crippen LogP contribution in [0.25, 0.3) is 11.4 Å². The zero-order valence-electron chi connectivity index (χ0n) is 15.7. The van der Waals surface area contributed by atoms with Gasteiger partial charge in [0, 0.05) is 56.2 Å². The summed E-state index contributed by atoms with van der Waals surface area (Å²) in [6, 6.07) is 8.32. The molecule has 0 atom stereocenters. The minimum atomic E-state index is 0. The molecular formula is C20H28Cl2N4O. The molecule has 3 heterocycles. The van der Waals surface area contributed by atoms with E-state index in [0.29, 0.717) is 0 Å². The lowest BCUT2D eigenvalue weighted by atomic mass is 9.90. The second kappa shape index (κ2) is 9.80. The molecule has 0 bridgehead atoms. The average Bonchev–Trinajstić information content (AvgIpc) is 2.65. The molecular weight excluding hydrogens is 383 g/mol. The molecule has 2 saturated heterocycles. The molecule has 148 valence electrons. The minimum absolute atomic E-state index is 0. The van der Waals surface area contributed by atoms with Crippen LogP contribution in [0.2, 0.25) is 0 Å². The van der Waals surface area contributed by atoms with Crippen LogP contribution in [0.1, 0.15) is 24.0 Å². The highest BCUT2D eigenvalue weighted by Gasteiger charge is 2.36. The smallest absolute Gasteiger partial charge is 0.159 e. The van der Waals surface area contributed by atoms with Gasteiger partial charge in [0.05, 0.1) is 12.2 Å². The molecule has 1 aromatic carbocycles. The Hall–Kier alpha value is -1.24. The van der Waals surface area contributed by atoms with Gasteiger partial charge in [0.1, 0.15) is 0 Å². The van der Waals surface area contributed by atoms with E-state index in [-0.39, 0.29) is 30.4 Å². The molecule has 1 N–H and O–H groups in total. The lowest BCUT2D eigenvalue weighted by Crippen LogP contribution is -2.55. The fraction of sp³-hybridized carbons (Fsp3) is 0.500. The molecule has 2 aromatic rings. The molecule has 1 aromatic heterocycles. The van der Waals surface area contributed by atoms with Gasteiger partial charge in [-0.1, -0.05) is 23.8 Å². The van der Waals surface area contributed by atoms with Crippen LogP contribution in [0.15, 0.2) is 36.7 Å². The highest BCUT2D eigenvalue weighted by atomic mass is 35.5. The summed E-state index contributed by atoms with van der Waals surface area (Å²) in [6.07, 6.45) is 6.13. The number of halogens is 2. The predicted molar refractivity (Wildman–Crippen MR) is 113 cm³/mol. The number of nitrogens with one attached hydrogen (secondary N) is 1. The largest absolute Gasteiger partial charge is 0.372 e. The molecule has 0 saturated carbocycles. The highest BCUT2D eigenvalue weighted by molar-refractivity contribution is 5.85. The summed E-state index contributed by atoms with van der Waals surface area (Å²) >= 11 is 0. The van der Waals surface area contributed by atoms with Gasteiger partial charge in [0.25, 0.3) is 0 Å². The van der Waals surface area contributed by atoms with Crippen molar-refractivity contribution in [3.8, 4) is 11.4 Å². The van der Waals surface area contributed by atoms with Crippen LogP contribution in [0.5, 0.6) is 0 Å². The van der Waals surface area contributed by atoms with Gasteiger partial charge in [-0.2, -0.15) is 0 Å². The van der Waals surface area contributed by atoms with Crippen molar-refractivity contribution in [2.24, 2.45) is 0 Å². The zero-order valence-corrected chi connectivity index (χ0v) is 17.3. The fourth-order valence-electron chi connectivity index (χ4n) is 3.77. The summed E-state index contributed by atoms with van der Waals surface area (Å²) in [7, 11) is 0. The molecule has 0 aliphatic carbocycles. The molecule has 0 unspecified atom stereocenters. The van der Waals surface area contributed by atoms with Gasteiger partial charge in [-0.3, -0.25) is 4.90 Å². The third-order valence-electron chi connectivity index (χ3n) is 5.29. The van der Waals surface area contributed by atoms with Gasteiger partial charge in [-0.05, 0) is 25.8 Å². The third-order valence-corrected chi connectivity index (χ3v) is 5.29. The van der Waals surface area contributed by atoms with E-state index < -0.39 is 0 Å². The van der Waals surface area contributed by atoms with Crippen LogP contribution in [0.4, 0.5) is 0 Å². The Labute approximate surface area is 173 Å². The number of morpholine rings is 1. The van der Waals surface area contributed by atoms with E-state index in [0.717, 1.165) is 63.6 Å². The van der Waals surface area contributed by atoms with E-state index >= 15 is 0 Å². The molecule has 27 heavy (non-hydrogen) atoms. The number of ether oxygens (including phenoxy) is 1. The van der Waals surface area contributed by atoms with E-state index in [2.05, 4.69) is 45.3 Å². The summed E-state index contributed by atoms with van der Waals surface area (Å²) < 4.78 is 6.07. The Morgan fingerprint density at radius 1 is 1.15 bits per heavy atom. The standard InChI is InChI=1S/C20H26N4O.2ClH/c1-16-3-2-4-18(11-16)19-22-12-17(13-23-19)14-24-8-5-20(6-9-24)15-21-7-10-25-20;;/h2-4,11-13,21H,5-10,14-15H2,1H3;2*1H. The number of rotatable bonds is 3. The van der Waals surface area contributed by atoms with Gasteiger partial charge in [-0.15, -0.1) is 24.8 Å². The van der Waals surface area contributed by atoms with Crippen molar-refractivity contribution >= 4 is 24.8 Å². The number of nitrogens with zero attached hydrogens (tertiary/aromatic N) is 3.